The van der Waals surface area contributed by atoms with Gasteiger partial charge in [-0.2, -0.15) is 0 Å². The third kappa shape index (κ3) is 3.35. The van der Waals surface area contributed by atoms with Crippen LogP contribution in [0.1, 0.15) is 23.2 Å². The van der Waals surface area contributed by atoms with Crippen LogP contribution in [-0.4, -0.2) is 50.6 Å². The summed E-state index contributed by atoms with van der Waals surface area (Å²) >= 11 is 6.14. The number of hydrogen-bond donors (Lipinski definition) is 0. The lowest BCUT2D eigenvalue weighted by atomic mass is 10.1. The van der Waals surface area contributed by atoms with Crippen LogP contribution in [0.2, 0.25) is 0 Å². The van der Waals surface area contributed by atoms with Crippen LogP contribution < -0.4 is 14.2 Å². The van der Waals surface area contributed by atoms with Gasteiger partial charge in [0.05, 0.1) is 26.7 Å². The largest absolute Gasteiger partial charge is 0.493 e. The highest BCUT2D eigenvalue weighted by Crippen LogP contribution is 2.38. The Hall–Kier alpha value is -1.62. The van der Waals surface area contributed by atoms with Gasteiger partial charge in [0.2, 0.25) is 5.75 Å². The topological polar surface area (TPSA) is 48.0 Å². The zero-order valence-corrected chi connectivity index (χ0v) is 13.3. The van der Waals surface area contributed by atoms with Crippen molar-refractivity contribution in [2.45, 2.75) is 18.2 Å². The van der Waals surface area contributed by atoms with Crippen LogP contribution >= 0.6 is 11.6 Å². The zero-order valence-electron chi connectivity index (χ0n) is 12.5. The van der Waals surface area contributed by atoms with Crippen LogP contribution in [0.3, 0.4) is 0 Å². The highest BCUT2D eigenvalue weighted by molar-refractivity contribution is 6.21. The molecule has 1 atom stereocenters. The van der Waals surface area contributed by atoms with Crippen molar-refractivity contribution in [1.82, 2.24) is 4.90 Å². The molecule has 0 N–H and O–H groups in total. The first kappa shape index (κ1) is 15.8. The SMILES string of the molecule is COc1cc(C(=O)N2CCCC(Cl)C2)cc(OC)c1OC. The van der Waals surface area contributed by atoms with Gasteiger partial charge in [0.1, 0.15) is 0 Å². The molecule has 0 saturated carbocycles. The molecule has 6 heteroatoms. The summed E-state index contributed by atoms with van der Waals surface area (Å²) in [5.74, 6) is 1.35. The summed E-state index contributed by atoms with van der Waals surface area (Å²) in [5.41, 5.74) is 0.510. The Balaban J connectivity index is 2.32. The standard InChI is InChI=1S/C15H20ClNO4/c1-19-12-7-10(8-13(20-2)14(12)21-3)15(18)17-6-4-5-11(16)9-17/h7-8,11H,4-6,9H2,1-3H3. The number of carbonyl (C=O) groups excluding carboxylic acids is 1. The van der Waals surface area contributed by atoms with Crippen LogP contribution in [0.25, 0.3) is 0 Å². The second-order valence-corrected chi connectivity index (χ2v) is 5.52. The molecule has 0 aromatic heterocycles. The fourth-order valence-corrected chi connectivity index (χ4v) is 2.82. The minimum atomic E-state index is -0.0698. The van der Waals surface area contributed by atoms with E-state index < -0.39 is 0 Å². The summed E-state index contributed by atoms with van der Waals surface area (Å²) < 4.78 is 15.8. The van der Waals surface area contributed by atoms with Crippen molar-refractivity contribution >= 4 is 17.5 Å². The summed E-state index contributed by atoms with van der Waals surface area (Å²) in [5, 5.41) is 0.0183. The van der Waals surface area contributed by atoms with Crippen molar-refractivity contribution < 1.29 is 19.0 Å². The molecule has 116 valence electrons. The van der Waals surface area contributed by atoms with Gasteiger partial charge in [-0.15, -0.1) is 11.6 Å². The maximum Gasteiger partial charge on any atom is 0.254 e. The van der Waals surface area contributed by atoms with Crippen molar-refractivity contribution in [2.24, 2.45) is 0 Å². The number of ether oxygens (including phenoxy) is 3. The number of methoxy groups -OCH3 is 3. The molecule has 0 spiro atoms. The molecule has 1 aliphatic heterocycles. The van der Waals surface area contributed by atoms with Crippen LogP contribution in [-0.2, 0) is 0 Å². The molecule has 1 aromatic carbocycles. The van der Waals surface area contributed by atoms with Gasteiger partial charge in [0.25, 0.3) is 5.91 Å². The Bertz CT molecular complexity index is 495. The summed E-state index contributed by atoms with van der Waals surface area (Å²) in [4.78, 5) is 14.4. The van der Waals surface area contributed by atoms with Gasteiger partial charge in [-0.3, -0.25) is 4.79 Å². The summed E-state index contributed by atoms with van der Waals surface area (Å²) in [6.07, 6.45) is 1.87. The van der Waals surface area contributed by atoms with E-state index in [9.17, 15) is 4.79 Å². The molecule has 5 nitrogen and oxygen atoms in total. The van der Waals surface area contributed by atoms with E-state index in [1.807, 2.05) is 0 Å². The normalized spacial score (nSPS) is 18.3. The molecule has 1 aromatic rings. The number of benzene rings is 1. The molecule has 1 amide bonds. The Kier molecular flexibility index (Phi) is 5.17. The van der Waals surface area contributed by atoms with E-state index in [1.54, 1.807) is 17.0 Å². The molecule has 1 aliphatic rings. The molecule has 1 saturated heterocycles. The summed E-state index contributed by atoms with van der Waals surface area (Å²) in [6, 6.07) is 3.34. The lowest BCUT2D eigenvalue weighted by molar-refractivity contribution is 0.0726. The van der Waals surface area contributed by atoms with Crippen LogP contribution in [0.5, 0.6) is 17.2 Å². The predicted octanol–water partition coefficient (Wildman–Crippen LogP) is 2.56. The smallest absolute Gasteiger partial charge is 0.254 e. The van der Waals surface area contributed by atoms with Crippen LogP contribution in [0.4, 0.5) is 0 Å². The number of nitrogens with zero attached hydrogens (tertiary/aromatic N) is 1. The van der Waals surface area contributed by atoms with E-state index in [0.29, 0.717) is 29.4 Å². The van der Waals surface area contributed by atoms with Crippen LogP contribution in [0, 0.1) is 0 Å². The molecule has 0 radical (unpaired) electrons. The van der Waals surface area contributed by atoms with Gasteiger partial charge >= 0.3 is 0 Å². The lowest BCUT2D eigenvalue weighted by Gasteiger charge is -2.30. The number of carbonyl (C=O) groups is 1. The lowest BCUT2D eigenvalue weighted by Crippen LogP contribution is -2.40. The first-order valence-corrected chi connectivity index (χ1v) is 7.27. The Morgan fingerprint density at radius 3 is 2.29 bits per heavy atom. The van der Waals surface area contributed by atoms with Gasteiger partial charge in [0.15, 0.2) is 11.5 Å². The molecule has 0 bridgehead atoms. The number of halogens is 1. The first-order chi connectivity index (χ1) is 10.1. The molecule has 1 fully saturated rings. The molecule has 0 aliphatic carbocycles. The number of piperidine rings is 1. The number of likely N-dealkylation sites (tertiary alicyclic amines) is 1. The van der Waals surface area contributed by atoms with E-state index >= 15 is 0 Å². The van der Waals surface area contributed by atoms with Crippen molar-refractivity contribution in [2.75, 3.05) is 34.4 Å². The molecule has 1 heterocycles. The molecular formula is C15H20ClNO4. The minimum Gasteiger partial charge on any atom is -0.493 e. The molecule has 2 rings (SSSR count). The van der Waals surface area contributed by atoms with E-state index in [1.165, 1.54) is 21.3 Å². The molecular weight excluding hydrogens is 294 g/mol. The maximum absolute atomic E-state index is 12.6. The maximum atomic E-state index is 12.6. The Morgan fingerprint density at radius 2 is 1.81 bits per heavy atom. The third-order valence-electron chi connectivity index (χ3n) is 3.56. The first-order valence-electron chi connectivity index (χ1n) is 6.84. The van der Waals surface area contributed by atoms with Crippen molar-refractivity contribution in [3.8, 4) is 17.2 Å². The average molecular weight is 314 g/mol. The van der Waals surface area contributed by atoms with Crippen molar-refractivity contribution in [3.05, 3.63) is 17.7 Å². The van der Waals surface area contributed by atoms with E-state index in [0.717, 1.165) is 19.4 Å². The Morgan fingerprint density at radius 1 is 1.19 bits per heavy atom. The number of hydrogen-bond acceptors (Lipinski definition) is 4. The van der Waals surface area contributed by atoms with Gasteiger partial charge in [-0.25, -0.2) is 0 Å². The summed E-state index contributed by atoms with van der Waals surface area (Å²) in [7, 11) is 4.59. The average Bonchev–Trinajstić information content (AvgIpc) is 2.52. The number of rotatable bonds is 4. The molecule has 1 unspecified atom stereocenters. The number of alkyl halides is 1. The fourth-order valence-electron chi connectivity index (χ4n) is 2.50. The van der Waals surface area contributed by atoms with Gasteiger partial charge in [-0.05, 0) is 25.0 Å². The van der Waals surface area contributed by atoms with Crippen molar-refractivity contribution in [3.63, 3.8) is 0 Å². The fraction of sp³-hybridized carbons (Fsp3) is 0.533. The van der Waals surface area contributed by atoms with E-state index in [-0.39, 0.29) is 11.3 Å². The van der Waals surface area contributed by atoms with E-state index in [2.05, 4.69) is 0 Å². The third-order valence-corrected chi connectivity index (χ3v) is 3.92. The predicted molar refractivity (Wildman–Crippen MR) is 80.9 cm³/mol. The van der Waals surface area contributed by atoms with Gasteiger partial charge < -0.3 is 19.1 Å². The highest BCUT2D eigenvalue weighted by Gasteiger charge is 2.25. The minimum absolute atomic E-state index is 0.0183. The van der Waals surface area contributed by atoms with Gasteiger partial charge in [-0.1, -0.05) is 0 Å². The quantitative estimate of drug-likeness (QED) is 0.802. The number of amides is 1. The monoisotopic (exact) mass is 313 g/mol. The highest BCUT2D eigenvalue weighted by atomic mass is 35.5. The summed E-state index contributed by atoms with van der Waals surface area (Å²) in [6.45, 7) is 1.29. The van der Waals surface area contributed by atoms with Crippen LogP contribution in [0.15, 0.2) is 12.1 Å². The molecule has 21 heavy (non-hydrogen) atoms. The van der Waals surface area contributed by atoms with E-state index in [4.69, 9.17) is 25.8 Å². The Labute approximate surface area is 129 Å². The zero-order chi connectivity index (χ0) is 15.4. The second-order valence-electron chi connectivity index (χ2n) is 4.90. The van der Waals surface area contributed by atoms with Crippen molar-refractivity contribution in [1.29, 1.82) is 0 Å². The van der Waals surface area contributed by atoms with Gasteiger partial charge in [0, 0.05) is 18.7 Å². The second kappa shape index (κ2) is 6.89.